The number of carbonyl (C=O) groups excluding carboxylic acids is 2. The van der Waals surface area contributed by atoms with Gasteiger partial charge in [-0.2, -0.15) is 5.10 Å². The summed E-state index contributed by atoms with van der Waals surface area (Å²) in [4.78, 5) is 26.3. The molecule has 0 fully saturated rings. The summed E-state index contributed by atoms with van der Waals surface area (Å²) < 4.78 is 27.6. The van der Waals surface area contributed by atoms with Crippen molar-refractivity contribution in [3.05, 3.63) is 88.2 Å². The van der Waals surface area contributed by atoms with Crippen LogP contribution in [0.4, 0.5) is 8.78 Å². The summed E-state index contributed by atoms with van der Waals surface area (Å²) in [6.45, 7) is 3.95. The van der Waals surface area contributed by atoms with Gasteiger partial charge in [0.15, 0.2) is 0 Å². The molecule has 0 radical (unpaired) electrons. The van der Waals surface area contributed by atoms with Gasteiger partial charge < -0.3 is 10.2 Å². The van der Waals surface area contributed by atoms with Crippen LogP contribution in [0.15, 0.2) is 54.6 Å². The van der Waals surface area contributed by atoms with Crippen molar-refractivity contribution >= 4 is 29.5 Å². The Morgan fingerprint density at radius 2 is 1.70 bits per heavy atom. The van der Waals surface area contributed by atoms with E-state index in [0.717, 1.165) is 5.56 Å². The second-order valence-electron chi connectivity index (χ2n) is 7.27. The van der Waals surface area contributed by atoms with Crippen LogP contribution in [0.25, 0.3) is 11.8 Å². The lowest BCUT2D eigenvalue weighted by atomic mass is 10.2. The highest BCUT2D eigenvalue weighted by Gasteiger charge is 2.16. The highest BCUT2D eigenvalue weighted by Crippen LogP contribution is 2.25. The van der Waals surface area contributed by atoms with Crippen molar-refractivity contribution < 1.29 is 18.4 Å². The second kappa shape index (κ2) is 10.9. The van der Waals surface area contributed by atoms with Crippen molar-refractivity contribution in [1.29, 1.82) is 0 Å². The number of hydrogen-bond acceptors (Lipinski definition) is 3. The molecular weight excluding hydrogens is 450 g/mol. The molecule has 0 atom stereocenters. The van der Waals surface area contributed by atoms with Crippen LogP contribution in [0.5, 0.6) is 0 Å². The predicted octanol–water partition coefficient (Wildman–Crippen LogP) is 4.29. The number of likely N-dealkylation sites (N-methyl/N-ethyl adjacent to an activating group) is 1. The van der Waals surface area contributed by atoms with Crippen LogP contribution in [0.1, 0.15) is 23.7 Å². The van der Waals surface area contributed by atoms with E-state index in [1.165, 1.54) is 39.9 Å². The molecule has 9 heteroatoms. The molecule has 3 rings (SSSR count). The van der Waals surface area contributed by atoms with Crippen molar-refractivity contribution in [3.63, 3.8) is 0 Å². The van der Waals surface area contributed by atoms with Crippen LogP contribution >= 0.6 is 11.6 Å². The molecule has 6 nitrogen and oxygen atoms in total. The van der Waals surface area contributed by atoms with Crippen molar-refractivity contribution in [2.75, 3.05) is 13.1 Å². The number of halogens is 3. The van der Waals surface area contributed by atoms with Crippen LogP contribution in [0.2, 0.25) is 5.15 Å². The Kier molecular flexibility index (Phi) is 7.95. The first-order valence-corrected chi connectivity index (χ1v) is 10.7. The highest BCUT2D eigenvalue weighted by atomic mass is 35.5. The fourth-order valence-electron chi connectivity index (χ4n) is 3.09. The lowest BCUT2D eigenvalue weighted by Gasteiger charge is -2.18. The fourth-order valence-corrected chi connectivity index (χ4v) is 3.43. The Labute approximate surface area is 195 Å². The molecule has 0 spiro atoms. The molecule has 1 N–H and O–H groups in total. The summed E-state index contributed by atoms with van der Waals surface area (Å²) >= 11 is 6.44. The third-order valence-electron chi connectivity index (χ3n) is 4.94. The molecule has 33 heavy (non-hydrogen) atoms. The molecule has 1 heterocycles. The minimum atomic E-state index is -0.370. The standard InChI is InChI=1S/C24H23ClF2N4O2/c1-3-30(15-22(32)28-14-17-4-6-18(26)7-5-17)23(33)13-12-21-16(2)29-31(24(21)25)20-10-8-19(27)9-11-20/h4-13H,3,14-15H2,1-2H3,(H,28,32)/b13-12+. The first-order chi connectivity index (χ1) is 15.8. The largest absolute Gasteiger partial charge is 0.350 e. The highest BCUT2D eigenvalue weighted by molar-refractivity contribution is 6.31. The normalized spacial score (nSPS) is 11.1. The number of hydrogen-bond donors (Lipinski definition) is 1. The summed E-state index contributed by atoms with van der Waals surface area (Å²) in [5, 5.41) is 7.35. The van der Waals surface area contributed by atoms with E-state index < -0.39 is 0 Å². The van der Waals surface area contributed by atoms with Gasteiger partial charge in [0, 0.05) is 24.7 Å². The molecule has 0 bridgehead atoms. The number of benzene rings is 2. The van der Waals surface area contributed by atoms with Crippen LogP contribution in [-0.4, -0.2) is 39.6 Å². The average molecular weight is 473 g/mol. The lowest BCUT2D eigenvalue weighted by Crippen LogP contribution is -2.39. The Bertz CT molecular complexity index is 1160. The molecule has 0 aliphatic carbocycles. The Morgan fingerprint density at radius 1 is 1.09 bits per heavy atom. The molecule has 0 saturated carbocycles. The maximum absolute atomic E-state index is 13.2. The van der Waals surface area contributed by atoms with Crippen LogP contribution < -0.4 is 5.32 Å². The Hall–Kier alpha value is -3.52. The summed E-state index contributed by atoms with van der Waals surface area (Å²) in [5.41, 5.74) is 2.48. The monoisotopic (exact) mass is 472 g/mol. The summed E-state index contributed by atoms with van der Waals surface area (Å²) in [5.74, 6) is -1.41. The molecule has 0 aliphatic heterocycles. The molecule has 2 aromatic carbocycles. The third kappa shape index (κ3) is 6.26. The van der Waals surface area contributed by atoms with E-state index in [-0.39, 0.29) is 41.7 Å². The van der Waals surface area contributed by atoms with E-state index in [0.29, 0.717) is 23.5 Å². The zero-order valence-electron chi connectivity index (χ0n) is 18.2. The SMILES string of the molecule is CCN(CC(=O)NCc1ccc(F)cc1)C(=O)/C=C/c1c(C)nn(-c2ccc(F)cc2)c1Cl. The molecular formula is C24H23ClF2N4O2. The fraction of sp³-hybridized carbons (Fsp3) is 0.208. The van der Waals surface area contributed by atoms with E-state index in [1.807, 2.05) is 0 Å². The number of carbonyl (C=O) groups is 2. The van der Waals surface area contributed by atoms with Gasteiger partial charge in [-0.25, -0.2) is 13.5 Å². The van der Waals surface area contributed by atoms with Gasteiger partial charge in [0.25, 0.3) is 0 Å². The van der Waals surface area contributed by atoms with Crippen molar-refractivity contribution in [3.8, 4) is 5.69 Å². The molecule has 0 aliphatic rings. The smallest absolute Gasteiger partial charge is 0.247 e. The van der Waals surface area contributed by atoms with Crippen molar-refractivity contribution in [1.82, 2.24) is 20.0 Å². The van der Waals surface area contributed by atoms with E-state index in [2.05, 4.69) is 10.4 Å². The van der Waals surface area contributed by atoms with E-state index >= 15 is 0 Å². The van der Waals surface area contributed by atoms with E-state index in [4.69, 9.17) is 11.6 Å². The molecule has 3 aromatic rings. The van der Waals surface area contributed by atoms with Crippen molar-refractivity contribution in [2.45, 2.75) is 20.4 Å². The van der Waals surface area contributed by atoms with Gasteiger partial charge >= 0.3 is 0 Å². The van der Waals surface area contributed by atoms with Crippen LogP contribution in [0.3, 0.4) is 0 Å². The minimum absolute atomic E-state index is 0.123. The van der Waals surface area contributed by atoms with Gasteiger partial charge in [-0.3, -0.25) is 9.59 Å². The summed E-state index contributed by atoms with van der Waals surface area (Å²) in [6, 6.07) is 11.5. The van der Waals surface area contributed by atoms with Gasteiger partial charge in [0.2, 0.25) is 11.8 Å². The molecule has 1 aromatic heterocycles. The number of rotatable bonds is 8. The van der Waals surface area contributed by atoms with Gasteiger partial charge in [-0.05, 0) is 61.9 Å². The minimum Gasteiger partial charge on any atom is -0.350 e. The van der Waals surface area contributed by atoms with Gasteiger partial charge in [-0.1, -0.05) is 23.7 Å². The quantitative estimate of drug-likeness (QED) is 0.497. The Balaban J connectivity index is 1.64. The van der Waals surface area contributed by atoms with Crippen molar-refractivity contribution in [2.24, 2.45) is 0 Å². The summed E-state index contributed by atoms with van der Waals surface area (Å²) in [6.07, 6.45) is 2.88. The zero-order chi connectivity index (χ0) is 24.0. The second-order valence-corrected chi connectivity index (χ2v) is 7.63. The van der Waals surface area contributed by atoms with Crippen LogP contribution in [-0.2, 0) is 16.1 Å². The first-order valence-electron chi connectivity index (χ1n) is 10.3. The van der Waals surface area contributed by atoms with E-state index in [1.54, 1.807) is 44.2 Å². The predicted molar refractivity (Wildman–Crippen MR) is 123 cm³/mol. The number of aryl methyl sites for hydroxylation is 1. The average Bonchev–Trinajstić information content (AvgIpc) is 3.09. The van der Waals surface area contributed by atoms with Gasteiger partial charge in [-0.15, -0.1) is 0 Å². The number of amides is 2. The number of nitrogens with zero attached hydrogens (tertiary/aromatic N) is 3. The van der Waals surface area contributed by atoms with E-state index in [9.17, 15) is 18.4 Å². The maximum Gasteiger partial charge on any atom is 0.247 e. The molecule has 0 unspecified atom stereocenters. The lowest BCUT2D eigenvalue weighted by molar-refractivity contribution is -0.132. The number of nitrogens with one attached hydrogen (secondary N) is 1. The third-order valence-corrected chi connectivity index (χ3v) is 5.31. The van der Waals surface area contributed by atoms with Gasteiger partial charge in [0.1, 0.15) is 16.8 Å². The molecule has 172 valence electrons. The molecule has 0 saturated heterocycles. The van der Waals surface area contributed by atoms with Crippen LogP contribution in [0, 0.1) is 18.6 Å². The topological polar surface area (TPSA) is 67.2 Å². The summed E-state index contributed by atoms with van der Waals surface area (Å²) in [7, 11) is 0. The van der Waals surface area contributed by atoms with Gasteiger partial charge in [0.05, 0.1) is 17.9 Å². The molecule has 2 amide bonds. The number of aromatic nitrogens is 2. The first kappa shape index (κ1) is 24.1. The Morgan fingerprint density at radius 3 is 2.30 bits per heavy atom. The zero-order valence-corrected chi connectivity index (χ0v) is 18.9. The maximum atomic E-state index is 13.2.